The van der Waals surface area contributed by atoms with E-state index in [9.17, 15) is 4.79 Å². The Morgan fingerprint density at radius 1 is 1.41 bits per heavy atom. The molecule has 1 rings (SSSR count). The van der Waals surface area contributed by atoms with Crippen molar-refractivity contribution in [2.75, 3.05) is 19.7 Å². The normalized spacial score (nSPS) is 25.1. The van der Waals surface area contributed by atoms with Gasteiger partial charge in [0, 0.05) is 12.6 Å². The van der Waals surface area contributed by atoms with E-state index >= 15 is 0 Å². The lowest BCUT2D eigenvalue weighted by Gasteiger charge is -2.28. The number of rotatable bonds is 6. The van der Waals surface area contributed by atoms with Crippen LogP contribution in [0.4, 0.5) is 0 Å². The Hall–Kier alpha value is -0.830. The maximum Gasteiger partial charge on any atom is 0.330 e. The zero-order valence-corrected chi connectivity index (χ0v) is 11.1. The third kappa shape index (κ3) is 5.87. The van der Waals surface area contributed by atoms with E-state index in [1.54, 1.807) is 0 Å². The highest BCUT2D eigenvalue weighted by atomic mass is 16.5. The zero-order chi connectivity index (χ0) is 12.5. The van der Waals surface area contributed by atoms with Crippen LogP contribution in [0.15, 0.2) is 12.2 Å². The molecule has 0 spiro atoms. The molecule has 1 N–H and O–H groups in total. The molecule has 0 saturated heterocycles. The van der Waals surface area contributed by atoms with Gasteiger partial charge in [-0.2, -0.15) is 0 Å². The molecule has 1 fully saturated rings. The van der Waals surface area contributed by atoms with E-state index in [4.69, 9.17) is 4.74 Å². The molecule has 3 heteroatoms. The molecule has 2 atom stereocenters. The highest BCUT2D eigenvalue weighted by molar-refractivity contribution is 5.81. The van der Waals surface area contributed by atoms with E-state index in [2.05, 4.69) is 12.2 Å². The van der Waals surface area contributed by atoms with Crippen LogP contribution in [0.3, 0.4) is 0 Å². The van der Waals surface area contributed by atoms with Gasteiger partial charge in [0.1, 0.15) is 0 Å². The summed E-state index contributed by atoms with van der Waals surface area (Å²) in [6, 6.07) is 0. The second-order valence-corrected chi connectivity index (χ2v) is 4.83. The standard InChI is InChI=1S/C14H25NO2/c1-3-17-14(16)9-6-10-15-11-13-8-5-4-7-12(13)2/h6,9,12-13,15H,3-5,7-8,10-11H2,1-2H3/b9-6+. The average molecular weight is 239 g/mol. The molecular formula is C14H25NO2. The van der Waals surface area contributed by atoms with Gasteiger partial charge in [0.2, 0.25) is 0 Å². The first-order valence-electron chi connectivity index (χ1n) is 6.78. The minimum atomic E-state index is -0.250. The average Bonchev–Trinajstić information content (AvgIpc) is 2.31. The van der Waals surface area contributed by atoms with Crippen molar-refractivity contribution in [3.63, 3.8) is 0 Å². The van der Waals surface area contributed by atoms with Crippen LogP contribution in [-0.2, 0) is 9.53 Å². The summed E-state index contributed by atoms with van der Waals surface area (Å²) in [6.45, 7) is 6.42. The number of carbonyl (C=O) groups is 1. The summed E-state index contributed by atoms with van der Waals surface area (Å²) in [4.78, 5) is 11.0. The van der Waals surface area contributed by atoms with Gasteiger partial charge in [-0.05, 0) is 31.7 Å². The lowest BCUT2D eigenvalue weighted by atomic mass is 9.80. The van der Waals surface area contributed by atoms with Crippen LogP contribution in [0, 0.1) is 11.8 Å². The predicted octanol–water partition coefficient (Wildman–Crippen LogP) is 2.52. The SMILES string of the molecule is CCOC(=O)/C=C/CNCC1CCCCC1C. The van der Waals surface area contributed by atoms with Gasteiger partial charge in [0.05, 0.1) is 6.61 Å². The number of ether oxygens (including phenoxy) is 1. The highest BCUT2D eigenvalue weighted by Gasteiger charge is 2.20. The van der Waals surface area contributed by atoms with Gasteiger partial charge >= 0.3 is 5.97 Å². The van der Waals surface area contributed by atoms with E-state index in [0.717, 1.165) is 24.9 Å². The maximum absolute atomic E-state index is 11.0. The molecule has 3 nitrogen and oxygen atoms in total. The first-order chi connectivity index (χ1) is 8.24. The Balaban J connectivity index is 2.08. The largest absolute Gasteiger partial charge is 0.463 e. The third-order valence-corrected chi connectivity index (χ3v) is 3.50. The van der Waals surface area contributed by atoms with E-state index in [0.29, 0.717) is 6.61 Å². The molecule has 0 aromatic rings. The van der Waals surface area contributed by atoms with Gasteiger partial charge in [-0.15, -0.1) is 0 Å². The Labute approximate surface area is 105 Å². The summed E-state index contributed by atoms with van der Waals surface area (Å²) in [5.41, 5.74) is 0. The zero-order valence-electron chi connectivity index (χ0n) is 11.1. The minimum absolute atomic E-state index is 0.250. The molecule has 1 saturated carbocycles. The lowest BCUT2D eigenvalue weighted by Crippen LogP contribution is -2.29. The van der Waals surface area contributed by atoms with Gasteiger partial charge in [-0.25, -0.2) is 4.79 Å². The van der Waals surface area contributed by atoms with Crippen LogP contribution in [-0.4, -0.2) is 25.7 Å². The Morgan fingerprint density at radius 2 is 2.18 bits per heavy atom. The second kappa shape index (κ2) is 8.29. The Bertz CT molecular complexity index is 251. The van der Waals surface area contributed by atoms with Gasteiger partial charge in [0.15, 0.2) is 0 Å². The summed E-state index contributed by atoms with van der Waals surface area (Å²) >= 11 is 0. The van der Waals surface area contributed by atoms with Crippen LogP contribution in [0.25, 0.3) is 0 Å². The number of carbonyl (C=O) groups excluding carboxylic acids is 1. The van der Waals surface area contributed by atoms with E-state index in [1.165, 1.54) is 31.8 Å². The quantitative estimate of drug-likeness (QED) is 0.440. The Kier molecular flexibility index (Phi) is 6.94. The monoisotopic (exact) mass is 239 g/mol. The molecule has 98 valence electrons. The molecule has 0 heterocycles. The molecule has 0 aromatic heterocycles. The molecule has 0 amide bonds. The van der Waals surface area contributed by atoms with Gasteiger partial charge in [-0.3, -0.25) is 0 Å². The summed E-state index contributed by atoms with van der Waals surface area (Å²) in [5.74, 6) is 1.39. The van der Waals surface area contributed by atoms with Crippen molar-refractivity contribution >= 4 is 5.97 Å². The van der Waals surface area contributed by atoms with E-state index in [-0.39, 0.29) is 5.97 Å². The second-order valence-electron chi connectivity index (χ2n) is 4.83. The van der Waals surface area contributed by atoms with Crippen molar-refractivity contribution in [3.05, 3.63) is 12.2 Å². The lowest BCUT2D eigenvalue weighted by molar-refractivity contribution is -0.137. The number of hydrogen-bond donors (Lipinski definition) is 1. The van der Waals surface area contributed by atoms with Gasteiger partial charge in [-0.1, -0.05) is 32.3 Å². The summed E-state index contributed by atoms with van der Waals surface area (Å²) < 4.78 is 4.80. The molecule has 0 aliphatic heterocycles. The molecule has 1 aliphatic carbocycles. The molecule has 1 aliphatic rings. The van der Waals surface area contributed by atoms with Crippen molar-refractivity contribution in [2.45, 2.75) is 39.5 Å². The first-order valence-corrected chi connectivity index (χ1v) is 6.78. The molecule has 0 bridgehead atoms. The molecule has 17 heavy (non-hydrogen) atoms. The predicted molar refractivity (Wildman–Crippen MR) is 69.8 cm³/mol. The van der Waals surface area contributed by atoms with Crippen molar-refractivity contribution in [2.24, 2.45) is 11.8 Å². The summed E-state index contributed by atoms with van der Waals surface area (Å²) in [5, 5.41) is 3.39. The molecule has 0 radical (unpaired) electrons. The summed E-state index contributed by atoms with van der Waals surface area (Å²) in [6.07, 6.45) is 8.81. The molecular weight excluding hydrogens is 214 g/mol. The fourth-order valence-electron chi connectivity index (χ4n) is 2.39. The number of nitrogens with one attached hydrogen (secondary N) is 1. The highest BCUT2D eigenvalue weighted by Crippen LogP contribution is 2.28. The first kappa shape index (κ1) is 14.2. The fraction of sp³-hybridized carbons (Fsp3) is 0.786. The smallest absolute Gasteiger partial charge is 0.330 e. The molecule has 0 aromatic carbocycles. The van der Waals surface area contributed by atoms with Crippen LogP contribution in [0.5, 0.6) is 0 Å². The van der Waals surface area contributed by atoms with Crippen LogP contribution < -0.4 is 5.32 Å². The van der Waals surface area contributed by atoms with Gasteiger partial charge in [0.25, 0.3) is 0 Å². The minimum Gasteiger partial charge on any atom is -0.463 e. The van der Waals surface area contributed by atoms with Crippen molar-refractivity contribution in [1.29, 1.82) is 0 Å². The third-order valence-electron chi connectivity index (χ3n) is 3.50. The molecule has 2 unspecified atom stereocenters. The maximum atomic E-state index is 11.0. The van der Waals surface area contributed by atoms with Crippen LogP contribution >= 0.6 is 0 Å². The van der Waals surface area contributed by atoms with Gasteiger partial charge < -0.3 is 10.1 Å². The van der Waals surface area contributed by atoms with E-state index in [1.807, 2.05) is 13.0 Å². The topological polar surface area (TPSA) is 38.3 Å². The Morgan fingerprint density at radius 3 is 2.88 bits per heavy atom. The van der Waals surface area contributed by atoms with Crippen LogP contribution in [0.1, 0.15) is 39.5 Å². The number of hydrogen-bond acceptors (Lipinski definition) is 3. The van der Waals surface area contributed by atoms with Crippen molar-refractivity contribution in [3.8, 4) is 0 Å². The van der Waals surface area contributed by atoms with Crippen LogP contribution in [0.2, 0.25) is 0 Å². The van der Waals surface area contributed by atoms with Crippen molar-refractivity contribution in [1.82, 2.24) is 5.32 Å². The summed E-state index contributed by atoms with van der Waals surface area (Å²) in [7, 11) is 0. The number of esters is 1. The fourth-order valence-corrected chi connectivity index (χ4v) is 2.39. The van der Waals surface area contributed by atoms with E-state index < -0.39 is 0 Å². The van der Waals surface area contributed by atoms with Crippen molar-refractivity contribution < 1.29 is 9.53 Å².